The molecule has 0 aromatic rings. The third-order valence-electron chi connectivity index (χ3n) is 2.90. The van der Waals surface area contributed by atoms with Crippen LogP contribution in [0.3, 0.4) is 0 Å². The number of halogens is 1. The van der Waals surface area contributed by atoms with Crippen LogP contribution in [-0.2, 0) is 4.79 Å². The van der Waals surface area contributed by atoms with Crippen LogP contribution in [0.5, 0.6) is 0 Å². The summed E-state index contributed by atoms with van der Waals surface area (Å²) in [4.78, 5) is 24.3. The molecule has 0 aromatic heterocycles. The summed E-state index contributed by atoms with van der Waals surface area (Å²) in [6.07, 6.45) is 1.02. The average molecular weight is 265 g/mol. The van der Waals surface area contributed by atoms with Gasteiger partial charge in [-0.05, 0) is 25.8 Å². The van der Waals surface area contributed by atoms with E-state index in [-0.39, 0.29) is 30.9 Å². The summed E-state index contributed by atoms with van der Waals surface area (Å²) in [6.45, 7) is 3.95. The van der Waals surface area contributed by atoms with Crippen LogP contribution in [0.1, 0.15) is 13.3 Å². The van der Waals surface area contributed by atoms with Crippen molar-refractivity contribution in [1.82, 2.24) is 15.5 Å². The van der Waals surface area contributed by atoms with Gasteiger partial charge in [-0.25, -0.2) is 4.79 Å². The van der Waals surface area contributed by atoms with Gasteiger partial charge in [0.25, 0.3) is 0 Å². The molecule has 0 spiro atoms. The first kappa shape index (κ1) is 16.1. The van der Waals surface area contributed by atoms with Gasteiger partial charge in [0.15, 0.2) is 0 Å². The van der Waals surface area contributed by atoms with Crippen LogP contribution >= 0.6 is 12.4 Å². The quantitative estimate of drug-likeness (QED) is 0.643. The third-order valence-corrected chi connectivity index (χ3v) is 2.90. The molecule has 0 saturated carbocycles. The molecule has 0 aromatic carbocycles. The van der Waals surface area contributed by atoms with Gasteiger partial charge in [0.2, 0.25) is 5.91 Å². The number of imide groups is 1. The highest BCUT2D eigenvalue weighted by molar-refractivity contribution is 5.95. The summed E-state index contributed by atoms with van der Waals surface area (Å²) in [7, 11) is 1.48. The molecule has 1 saturated heterocycles. The first-order valence-electron chi connectivity index (χ1n) is 5.52. The number of amides is 3. The molecule has 0 aliphatic carbocycles. The molecule has 1 fully saturated rings. The van der Waals surface area contributed by atoms with Crippen molar-refractivity contribution in [2.45, 2.75) is 19.4 Å². The van der Waals surface area contributed by atoms with Crippen LogP contribution in [-0.4, -0.2) is 49.6 Å². The van der Waals surface area contributed by atoms with E-state index in [1.54, 1.807) is 0 Å². The van der Waals surface area contributed by atoms with Gasteiger partial charge >= 0.3 is 6.03 Å². The van der Waals surface area contributed by atoms with Crippen molar-refractivity contribution in [3.8, 4) is 0 Å². The van der Waals surface area contributed by atoms with Gasteiger partial charge in [0.05, 0.1) is 6.54 Å². The van der Waals surface area contributed by atoms with Crippen LogP contribution < -0.4 is 16.4 Å². The summed E-state index contributed by atoms with van der Waals surface area (Å²) >= 11 is 0. The van der Waals surface area contributed by atoms with Crippen LogP contribution in [0.4, 0.5) is 4.79 Å². The van der Waals surface area contributed by atoms with E-state index in [1.165, 1.54) is 7.05 Å². The molecule has 2 atom stereocenters. The molecule has 7 heteroatoms. The molecular formula is C10H21ClN4O2. The molecule has 0 bridgehead atoms. The zero-order valence-electron chi connectivity index (χ0n) is 10.2. The largest absolute Gasteiger partial charge is 0.341 e. The number of hydrogen-bond donors (Lipinski definition) is 3. The van der Waals surface area contributed by atoms with Crippen molar-refractivity contribution in [3.63, 3.8) is 0 Å². The summed E-state index contributed by atoms with van der Waals surface area (Å²) in [5.41, 5.74) is 5.80. The van der Waals surface area contributed by atoms with E-state index in [9.17, 15) is 9.59 Å². The smallest absolute Gasteiger partial charge is 0.321 e. The Morgan fingerprint density at radius 3 is 2.65 bits per heavy atom. The number of hydrogen-bond acceptors (Lipinski definition) is 4. The fraction of sp³-hybridized carbons (Fsp3) is 0.800. The predicted octanol–water partition coefficient (Wildman–Crippen LogP) is -0.467. The summed E-state index contributed by atoms with van der Waals surface area (Å²) in [5.74, 6) is 0.178. The highest BCUT2D eigenvalue weighted by Crippen LogP contribution is 2.17. The minimum absolute atomic E-state index is 0. The van der Waals surface area contributed by atoms with Crippen molar-refractivity contribution in [1.29, 1.82) is 0 Å². The molecule has 1 rings (SSSR count). The van der Waals surface area contributed by atoms with Gasteiger partial charge in [-0.15, -0.1) is 12.4 Å². The molecule has 3 amide bonds. The minimum Gasteiger partial charge on any atom is -0.341 e. The second-order valence-electron chi connectivity index (χ2n) is 4.27. The SMILES string of the molecule is CNC(=O)NC(=O)CN1CCC(C(C)N)C1.Cl. The molecule has 1 heterocycles. The van der Waals surface area contributed by atoms with Crippen molar-refractivity contribution in [2.75, 3.05) is 26.7 Å². The number of urea groups is 1. The molecule has 100 valence electrons. The predicted molar refractivity (Wildman–Crippen MR) is 68.0 cm³/mol. The topological polar surface area (TPSA) is 87.5 Å². The van der Waals surface area contributed by atoms with E-state index < -0.39 is 6.03 Å². The van der Waals surface area contributed by atoms with Crippen LogP contribution in [0.2, 0.25) is 0 Å². The van der Waals surface area contributed by atoms with Crippen LogP contribution in [0.25, 0.3) is 0 Å². The number of carbonyl (C=O) groups excluding carboxylic acids is 2. The zero-order valence-corrected chi connectivity index (χ0v) is 11.0. The van der Waals surface area contributed by atoms with E-state index in [0.717, 1.165) is 19.5 Å². The maximum absolute atomic E-state index is 11.4. The van der Waals surface area contributed by atoms with Gasteiger partial charge in [-0.1, -0.05) is 0 Å². The molecule has 4 N–H and O–H groups in total. The summed E-state index contributed by atoms with van der Waals surface area (Å²) in [5, 5.41) is 4.58. The zero-order chi connectivity index (χ0) is 12.1. The summed E-state index contributed by atoms with van der Waals surface area (Å²) < 4.78 is 0. The number of nitrogens with zero attached hydrogens (tertiary/aromatic N) is 1. The van der Waals surface area contributed by atoms with E-state index in [0.29, 0.717) is 5.92 Å². The maximum Gasteiger partial charge on any atom is 0.321 e. The van der Waals surface area contributed by atoms with Crippen molar-refractivity contribution < 1.29 is 9.59 Å². The van der Waals surface area contributed by atoms with Crippen LogP contribution in [0.15, 0.2) is 0 Å². The van der Waals surface area contributed by atoms with Crippen molar-refractivity contribution in [2.24, 2.45) is 11.7 Å². The standard InChI is InChI=1S/C10H20N4O2.ClH/c1-7(11)8-3-4-14(5-8)6-9(15)13-10(16)12-2;/h7-8H,3-6,11H2,1-2H3,(H2,12,13,15,16);1H. The second kappa shape index (κ2) is 7.47. The van der Waals surface area contributed by atoms with E-state index in [1.807, 2.05) is 11.8 Å². The Bertz CT molecular complexity index is 273. The molecule has 0 radical (unpaired) electrons. The Balaban J connectivity index is 0.00000256. The highest BCUT2D eigenvalue weighted by atomic mass is 35.5. The van der Waals surface area contributed by atoms with Gasteiger partial charge in [-0.3, -0.25) is 15.0 Å². The lowest BCUT2D eigenvalue weighted by Crippen LogP contribution is -2.43. The van der Waals surface area contributed by atoms with E-state index in [2.05, 4.69) is 10.6 Å². The first-order chi connectivity index (χ1) is 7.52. The number of likely N-dealkylation sites (tertiary alicyclic amines) is 1. The van der Waals surface area contributed by atoms with Crippen molar-refractivity contribution >= 4 is 24.3 Å². The lowest BCUT2D eigenvalue weighted by Gasteiger charge is -2.16. The molecule has 6 nitrogen and oxygen atoms in total. The summed E-state index contributed by atoms with van der Waals surface area (Å²) in [6, 6.07) is -0.306. The number of nitrogens with one attached hydrogen (secondary N) is 2. The van der Waals surface area contributed by atoms with Gasteiger partial charge in [0.1, 0.15) is 0 Å². The van der Waals surface area contributed by atoms with Gasteiger partial charge in [-0.2, -0.15) is 0 Å². The Labute approximate surface area is 108 Å². The Morgan fingerprint density at radius 1 is 1.53 bits per heavy atom. The van der Waals surface area contributed by atoms with E-state index >= 15 is 0 Å². The Morgan fingerprint density at radius 2 is 2.18 bits per heavy atom. The number of rotatable bonds is 3. The molecule has 2 unspecified atom stereocenters. The van der Waals surface area contributed by atoms with Gasteiger partial charge < -0.3 is 11.1 Å². The van der Waals surface area contributed by atoms with Crippen molar-refractivity contribution in [3.05, 3.63) is 0 Å². The first-order valence-corrected chi connectivity index (χ1v) is 5.52. The Hall–Kier alpha value is -0.850. The fourth-order valence-electron chi connectivity index (χ4n) is 1.87. The highest BCUT2D eigenvalue weighted by Gasteiger charge is 2.26. The van der Waals surface area contributed by atoms with Gasteiger partial charge in [0, 0.05) is 19.6 Å². The fourth-order valence-corrected chi connectivity index (χ4v) is 1.87. The average Bonchev–Trinajstić information content (AvgIpc) is 2.65. The normalized spacial score (nSPS) is 21.5. The minimum atomic E-state index is -0.465. The number of carbonyl (C=O) groups is 2. The van der Waals surface area contributed by atoms with E-state index in [4.69, 9.17) is 5.73 Å². The molecule has 1 aliphatic heterocycles. The lowest BCUT2D eigenvalue weighted by molar-refractivity contribution is -0.120. The molecule has 17 heavy (non-hydrogen) atoms. The molecule has 1 aliphatic rings. The monoisotopic (exact) mass is 264 g/mol. The van der Waals surface area contributed by atoms with Crippen LogP contribution in [0, 0.1) is 5.92 Å². The lowest BCUT2D eigenvalue weighted by atomic mass is 10.0. The molecular weight excluding hydrogens is 244 g/mol. The second-order valence-corrected chi connectivity index (χ2v) is 4.27. The third kappa shape index (κ3) is 5.34. The Kier molecular flexibility index (Phi) is 7.10. The maximum atomic E-state index is 11.4. The number of nitrogens with two attached hydrogens (primary N) is 1.